The Hall–Kier alpha value is -1.52. The van der Waals surface area contributed by atoms with Crippen LogP contribution < -0.4 is 5.32 Å². The molecule has 5 heteroatoms. The van der Waals surface area contributed by atoms with Gasteiger partial charge in [-0.15, -0.1) is 5.10 Å². The lowest BCUT2D eigenvalue weighted by Crippen LogP contribution is -2.22. The summed E-state index contributed by atoms with van der Waals surface area (Å²) < 4.78 is 0. The summed E-state index contributed by atoms with van der Waals surface area (Å²) in [5, 5.41) is 10.3. The lowest BCUT2D eigenvalue weighted by Gasteiger charge is -2.01. The van der Waals surface area contributed by atoms with Crippen LogP contribution in [0.25, 0.3) is 0 Å². The summed E-state index contributed by atoms with van der Waals surface area (Å²) in [5.74, 6) is 0.632. The number of nitrogens with zero attached hydrogens (tertiary/aromatic N) is 3. The maximum atomic E-state index is 10.9. The standard InChI is InChI=1S/C8H12N4O/c1-3-8(13)10-5-7-4-9-6(2)11-12-7/h4H,3,5H2,1-2H3,(H,10,13). The van der Waals surface area contributed by atoms with E-state index in [0.29, 0.717) is 24.5 Å². The lowest BCUT2D eigenvalue weighted by molar-refractivity contribution is -0.120. The highest BCUT2D eigenvalue weighted by molar-refractivity contribution is 5.75. The molecule has 0 saturated carbocycles. The molecule has 1 aromatic heterocycles. The normalized spacial score (nSPS) is 9.69. The van der Waals surface area contributed by atoms with Crippen LogP contribution in [0.3, 0.4) is 0 Å². The minimum absolute atomic E-state index is 0.00220. The average Bonchev–Trinajstić information content (AvgIpc) is 2.16. The van der Waals surface area contributed by atoms with Crippen molar-refractivity contribution >= 4 is 5.91 Å². The highest BCUT2D eigenvalue weighted by Crippen LogP contribution is 1.90. The van der Waals surface area contributed by atoms with E-state index >= 15 is 0 Å². The number of aryl methyl sites for hydroxylation is 1. The first kappa shape index (κ1) is 9.57. The van der Waals surface area contributed by atoms with Gasteiger partial charge in [0.05, 0.1) is 12.7 Å². The van der Waals surface area contributed by atoms with E-state index in [1.165, 1.54) is 0 Å². The van der Waals surface area contributed by atoms with Gasteiger partial charge in [-0.25, -0.2) is 4.98 Å². The van der Waals surface area contributed by atoms with Gasteiger partial charge in [0.2, 0.25) is 5.91 Å². The van der Waals surface area contributed by atoms with Crippen LogP contribution in [0.2, 0.25) is 0 Å². The minimum atomic E-state index is 0.00220. The molecule has 0 unspecified atom stereocenters. The van der Waals surface area contributed by atoms with E-state index in [1.54, 1.807) is 20.0 Å². The van der Waals surface area contributed by atoms with E-state index in [-0.39, 0.29) is 5.91 Å². The number of aromatic nitrogens is 3. The zero-order valence-corrected chi connectivity index (χ0v) is 7.74. The molecule has 5 nitrogen and oxygen atoms in total. The van der Waals surface area contributed by atoms with Crippen molar-refractivity contribution in [2.75, 3.05) is 0 Å². The Kier molecular flexibility index (Phi) is 3.31. The summed E-state index contributed by atoms with van der Waals surface area (Å²) in [5.41, 5.74) is 0.674. The third-order valence-corrected chi connectivity index (χ3v) is 1.51. The number of hydrogen-bond donors (Lipinski definition) is 1. The Morgan fingerprint density at radius 1 is 1.54 bits per heavy atom. The van der Waals surface area contributed by atoms with Gasteiger partial charge < -0.3 is 5.32 Å². The van der Waals surface area contributed by atoms with Gasteiger partial charge in [0.1, 0.15) is 11.5 Å². The number of rotatable bonds is 3. The Morgan fingerprint density at radius 3 is 2.85 bits per heavy atom. The Labute approximate surface area is 76.6 Å². The first-order valence-corrected chi connectivity index (χ1v) is 4.14. The van der Waals surface area contributed by atoms with Crippen LogP contribution in [0.15, 0.2) is 6.20 Å². The molecule has 0 radical (unpaired) electrons. The minimum Gasteiger partial charge on any atom is -0.350 e. The number of carbonyl (C=O) groups is 1. The molecule has 70 valence electrons. The van der Waals surface area contributed by atoms with Crippen LogP contribution in [-0.4, -0.2) is 21.1 Å². The van der Waals surface area contributed by atoms with Crippen LogP contribution >= 0.6 is 0 Å². The molecule has 0 fully saturated rings. The Morgan fingerprint density at radius 2 is 2.31 bits per heavy atom. The van der Waals surface area contributed by atoms with Crippen molar-refractivity contribution in [1.82, 2.24) is 20.5 Å². The van der Waals surface area contributed by atoms with Crippen LogP contribution in [0, 0.1) is 6.92 Å². The van der Waals surface area contributed by atoms with Gasteiger partial charge in [0.15, 0.2) is 0 Å². The molecule has 0 aliphatic carbocycles. The van der Waals surface area contributed by atoms with E-state index in [4.69, 9.17) is 0 Å². The number of carbonyl (C=O) groups excluding carboxylic acids is 1. The zero-order valence-electron chi connectivity index (χ0n) is 7.74. The van der Waals surface area contributed by atoms with Gasteiger partial charge >= 0.3 is 0 Å². The van der Waals surface area contributed by atoms with Gasteiger partial charge in [0.25, 0.3) is 0 Å². The van der Waals surface area contributed by atoms with E-state index in [9.17, 15) is 4.79 Å². The molecule has 1 aromatic rings. The summed E-state index contributed by atoms with van der Waals surface area (Å²) in [4.78, 5) is 14.8. The van der Waals surface area contributed by atoms with Crippen molar-refractivity contribution in [3.8, 4) is 0 Å². The van der Waals surface area contributed by atoms with E-state index in [2.05, 4.69) is 20.5 Å². The largest absolute Gasteiger partial charge is 0.350 e. The van der Waals surface area contributed by atoms with Gasteiger partial charge in [0, 0.05) is 6.42 Å². The monoisotopic (exact) mass is 180 g/mol. The quantitative estimate of drug-likeness (QED) is 0.721. The second kappa shape index (κ2) is 4.49. The molecular formula is C8H12N4O. The fraction of sp³-hybridized carbons (Fsp3) is 0.500. The number of nitrogens with one attached hydrogen (secondary N) is 1. The fourth-order valence-electron chi connectivity index (χ4n) is 0.751. The summed E-state index contributed by atoms with van der Waals surface area (Å²) in [7, 11) is 0. The molecule has 13 heavy (non-hydrogen) atoms. The predicted octanol–water partition coefficient (Wildman–Crippen LogP) is 0.206. The van der Waals surface area contributed by atoms with Crippen LogP contribution in [0.1, 0.15) is 24.9 Å². The molecule has 0 saturated heterocycles. The highest BCUT2D eigenvalue weighted by atomic mass is 16.1. The molecule has 0 bridgehead atoms. The smallest absolute Gasteiger partial charge is 0.220 e. The summed E-state index contributed by atoms with van der Waals surface area (Å²) in [6, 6.07) is 0. The van der Waals surface area contributed by atoms with Gasteiger partial charge in [-0.05, 0) is 6.92 Å². The average molecular weight is 180 g/mol. The van der Waals surface area contributed by atoms with Gasteiger partial charge in [-0.2, -0.15) is 5.10 Å². The third-order valence-electron chi connectivity index (χ3n) is 1.51. The number of hydrogen-bond acceptors (Lipinski definition) is 4. The van der Waals surface area contributed by atoms with Crippen molar-refractivity contribution in [3.05, 3.63) is 17.7 Å². The molecule has 1 heterocycles. The molecule has 0 aromatic carbocycles. The molecule has 0 atom stereocenters. The van der Waals surface area contributed by atoms with E-state index in [0.717, 1.165) is 0 Å². The lowest BCUT2D eigenvalue weighted by atomic mass is 10.4. The third kappa shape index (κ3) is 3.14. The van der Waals surface area contributed by atoms with Gasteiger partial charge in [-0.1, -0.05) is 6.92 Å². The predicted molar refractivity (Wildman–Crippen MR) is 46.7 cm³/mol. The molecule has 0 spiro atoms. The second-order valence-electron chi connectivity index (χ2n) is 2.63. The van der Waals surface area contributed by atoms with Crippen molar-refractivity contribution in [3.63, 3.8) is 0 Å². The Bertz CT molecular complexity index is 283. The van der Waals surface area contributed by atoms with Crippen molar-refractivity contribution in [1.29, 1.82) is 0 Å². The summed E-state index contributed by atoms with van der Waals surface area (Å²) >= 11 is 0. The maximum Gasteiger partial charge on any atom is 0.220 e. The van der Waals surface area contributed by atoms with Crippen molar-refractivity contribution in [2.24, 2.45) is 0 Å². The molecule has 0 aliphatic rings. The fourth-order valence-corrected chi connectivity index (χ4v) is 0.751. The first-order valence-electron chi connectivity index (χ1n) is 4.14. The molecule has 1 rings (SSSR count). The maximum absolute atomic E-state index is 10.9. The van der Waals surface area contributed by atoms with E-state index < -0.39 is 0 Å². The molecule has 1 amide bonds. The van der Waals surface area contributed by atoms with Crippen molar-refractivity contribution in [2.45, 2.75) is 26.8 Å². The molecule has 1 N–H and O–H groups in total. The van der Waals surface area contributed by atoms with Crippen molar-refractivity contribution < 1.29 is 4.79 Å². The van der Waals surface area contributed by atoms with E-state index in [1.807, 2.05) is 0 Å². The van der Waals surface area contributed by atoms with Crippen LogP contribution in [0.5, 0.6) is 0 Å². The summed E-state index contributed by atoms with van der Waals surface area (Å²) in [6.07, 6.45) is 2.09. The zero-order chi connectivity index (χ0) is 9.68. The first-order chi connectivity index (χ1) is 6.22. The van der Waals surface area contributed by atoms with Crippen LogP contribution in [0.4, 0.5) is 0 Å². The van der Waals surface area contributed by atoms with Gasteiger partial charge in [-0.3, -0.25) is 4.79 Å². The molecule has 0 aliphatic heterocycles. The molecular weight excluding hydrogens is 168 g/mol. The Balaban J connectivity index is 2.46. The topological polar surface area (TPSA) is 67.8 Å². The van der Waals surface area contributed by atoms with Crippen LogP contribution in [-0.2, 0) is 11.3 Å². The second-order valence-corrected chi connectivity index (χ2v) is 2.63. The number of amides is 1. The summed E-state index contributed by atoms with van der Waals surface area (Å²) in [6.45, 7) is 3.96. The highest BCUT2D eigenvalue weighted by Gasteiger charge is 1.99. The SMILES string of the molecule is CCC(=O)NCc1cnc(C)nn1.